The highest BCUT2D eigenvalue weighted by Gasteiger charge is 2.26. The summed E-state index contributed by atoms with van der Waals surface area (Å²) in [6, 6.07) is -0.433. The second-order valence-electron chi connectivity index (χ2n) is 4.89. The number of hydrogen-bond donors (Lipinski definition) is 3. The van der Waals surface area contributed by atoms with E-state index in [1.807, 2.05) is 0 Å². The maximum absolute atomic E-state index is 11.9. The highest BCUT2D eigenvalue weighted by molar-refractivity contribution is 5.74. The maximum Gasteiger partial charge on any atom is 0.317 e. The fraction of sp³-hybridized carbons (Fsp3) is 0.846. The van der Waals surface area contributed by atoms with Gasteiger partial charge in [0, 0.05) is 19.5 Å². The molecule has 116 valence electrons. The molecule has 1 aliphatic heterocycles. The Morgan fingerprint density at radius 3 is 2.70 bits per heavy atom. The summed E-state index contributed by atoms with van der Waals surface area (Å²) in [5, 5.41) is 20.5. The first-order chi connectivity index (χ1) is 9.65. The van der Waals surface area contributed by atoms with Crippen LogP contribution in [0.4, 0.5) is 4.79 Å². The molecule has 1 aliphatic rings. The quantitative estimate of drug-likeness (QED) is 0.562. The molecule has 1 heterocycles. The van der Waals surface area contributed by atoms with Gasteiger partial charge in [-0.05, 0) is 12.8 Å². The number of amides is 2. The van der Waals surface area contributed by atoms with E-state index in [0.717, 1.165) is 19.3 Å². The van der Waals surface area contributed by atoms with Gasteiger partial charge in [0.25, 0.3) is 0 Å². The van der Waals surface area contributed by atoms with Crippen molar-refractivity contribution in [2.75, 3.05) is 32.9 Å². The molecule has 7 heteroatoms. The summed E-state index contributed by atoms with van der Waals surface area (Å²) < 4.78 is 5.21. The van der Waals surface area contributed by atoms with Crippen LogP contribution in [0.3, 0.4) is 0 Å². The van der Waals surface area contributed by atoms with Gasteiger partial charge in [-0.1, -0.05) is 12.8 Å². The third kappa shape index (κ3) is 6.21. The van der Waals surface area contributed by atoms with Crippen molar-refractivity contribution in [2.45, 2.75) is 38.1 Å². The van der Waals surface area contributed by atoms with E-state index in [0.29, 0.717) is 32.7 Å². The van der Waals surface area contributed by atoms with E-state index in [1.54, 1.807) is 4.90 Å². The molecule has 7 nitrogen and oxygen atoms in total. The topological polar surface area (TPSA) is 99.1 Å². The number of morpholine rings is 1. The van der Waals surface area contributed by atoms with Crippen LogP contribution in [0.5, 0.6) is 0 Å². The standard InChI is InChI=1S/C13H24N2O5/c16-9-11-10-20-8-7-15(11)13(19)14-6-4-2-1-3-5-12(17)18/h11,16H,1-10H2,(H,14,19)(H,17,18). The number of ether oxygens (including phenoxy) is 1. The molecule has 0 aliphatic carbocycles. The van der Waals surface area contributed by atoms with E-state index >= 15 is 0 Å². The van der Waals surface area contributed by atoms with E-state index < -0.39 is 5.97 Å². The maximum atomic E-state index is 11.9. The fourth-order valence-corrected chi connectivity index (χ4v) is 2.13. The van der Waals surface area contributed by atoms with Gasteiger partial charge in [0.2, 0.25) is 0 Å². The van der Waals surface area contributed by atoms with Crippen LogP contribution in [0.25, 0.3) is 0 Å². The van der Waals surface area contributed by atoms with Gasteiger partial charge in [-0.15, -0.1) is 0 Å². The van der Waals surface area contributed by atoms with Crippen molar-refractivity contribution in [3.63, 3.8) is 0 Å². The van der Waals surface area contributed by atoms with E-state index in [2.05, 4.69) is 5.32 Å². The molecule has 0 aromatic rings. The third-order valence-electron chi connectivity index (χ3n) is 3.29. The van der Waals surface area contributed by atoms with Crippen LogP contribution in [0.1, 0.15) is 32.1 Å². The van der Waals surface area contributed by atoms with Gasteiger partial charge in [-0.2, -0.15) is 0 Å². The number of unbranched alkanes of at least 4 members (excludes halogenated alkanes) is 3. The number of carbonyl (C=O) groups is 2. The molecular weight excluding hydrogens is 264 g/mol. The van der Waals surface area contributed by atoms with Crippen LogP contribution in [-0.2, 0) is 9.53 Å². The molecule has 20 heavy (non-hydrogen) atoms. The summed E-state index contributed by atoms with van der Waals surface area (Å²) in [7, 11) is 0. The van der Waals surface area contributed by atoms with E-state index in [-0.39, 0.29) is 25.1 Å². The third-order valence-corrected chi connectivity index (χ3v) is 3.29. The summed E-state index contributed by atoms with van der Waals surface area (Å²) in [5.74, 6) is -0.763. The van der Waals surface area contributed by atoms with Gasteiger partial charge in [-0.25, -0.2) is 4.79 Å². The summed E-state index contributed by atoms with van der Waals surface area (Å²) in [5.41, 5.74) is 0. The molecule has 1 rings (SSSR count). The van der Waals surface area contributed by atoms with Crippen LogP contribution < -0.4 is 5.32 Å². The Balaban J connectivity index is 2.08. The number of carboxylic acid groups (broad SMARTS) is 1. The Labute approximate surface area is 118 Å². The van der Waals surface area contributed by atoms with E-state index in [4.69, 9.17) is 9.84 Å². The lowest BCUT2D eigenvalue weighted by Crippen LogP contribution is -2.54. The van der Waals surface area contributed by atoms with Crippen molar-refractivity contribution < 1.29 is 24.5 Å². The minimum Gasteiger partial charge on any atom is -0.481 e. The summed E-state index contributed by atoms with van der Waals surface area (Å²) in [4.78, 5) is 23.8. The zero-order chi connectivity index (χ0) is 14.8. The van der Waals surface area contributed by atoms with E-state index in [1.165, 1.54) is 0 Å². The Hall–Kier alpha value is -1.34. The van der Waals surface area contributed by atoms with Gasteiger partial charge < -0.3 is 25.2 Å². The molecule has 0 saturated carbocycles. The van der Waals surface area contributed by atoms with Crippen molar-refractivity contribution in [3.8, 4) is 0 Å². The molecule has 1 fully saturated rings. The molecule has 1 unspecified atom stereocenters. The first kappa shape index (κ1) is 16.7. The average molecular weight is 288 g/mol. The van der Waals surface area contributed by atoms with Crippen LogP contribution >= 0.6 is 0 Å². The number of carbonyl (C=O) groups excluding carboxylic acids is 1. The highest BCUT2D eigenvalue weighted by Crippen LogP contribution is 2.07. The number of aliphatic hydroxyl groups excluding tert-OH is 1. The summed E-state index contributed by atoms with van der Waals surface area (Å²) in [6.45, 7) is 1.85. The van der Waals surface area contributed by atoms with Crippen LogP contribution in [0.15, 0.2) is 0 Å². The Morgan fingerprint density at radius 2 is 2.00 bits per heavy atom. The number of aliphatic hydroxyl groups is 1. The average Bonchev–Trinajstić information content (AvgIpc) is 2.45. The predicted molar refractivity (Wildman–Crippen MR) is 72.5 cm³/mol. The monoisotopic (exact) mass is 288 g/mol. The minimum absolute atomic E-state index is 0.0946. The van der Waals surface area contributed by atoms with Crippen molar-refractivity contribution in [1.82, 2.24) is 10.2 Å². The second-order valence-corrected chi connectivity index (χ2v) is 4.89. The Morgan fingerprint density at radius 1 is 1.25 bits per heavy atom. The molecular formula is C13H24N2O5. The smallest absolute Gasteiger partial charge is 0.317 e. The normalized spacial score (nSPS) is 18.9. The van der Waals surface area contributed by atoms with Gasteiger partial charge in [0.1, 0.15) is 0 Å². The first-order valence-electron chi connectivity index (χ1n) is 7.10. The van der Waals surface area contributed by atoms with Crippen molar-refractivity contribution >= 4 is 12.0 Å². The molecule has 0 spiro atoms. The molecule has 0 aromatic carbocycles. The summed E-state index contributed by atoms with van der Waals surface area (Å²) in [6.07, 6.45) is 3.48. The lowest BCUT2D eigenvalue weighted by atomic mass is 10.1. The van der Waals surface area contributed by atoms with Gasteiger partial charge in [0.05, 0.1) is 25.9 Å². The number of urea groups is 1. The SMILES string of the molecule is O=C(O)CCCCCCNC(=O)N1CCOCC1CO. The lowest BCUT2D eigenvalue weighted by molar-refractivity contribution is -0.137. The second kappa shape index (κ2) is 9.55. The molecule has 0 radical (unpaired) electrons. The number of nitrogens with zero attached hydrogens (tertiary/aromatic N) is 1. The number of rotatable bonds is 8. The van der Waals surface area contributed by atoms with Crippen molar-refractivity contribution in [2.24, 2.45) is 0 Å². The minimum atomic E-state index is -0.763. The zero-order valence-electron chi connectivity index (χ0n) is 11.7. The molecule has 3 N–H and O–H groups in total. The van der Waals surface area contributed by atoms with Crippen LogP contribution in [-0.4, -0.2) is 66.1 Å². The number of aliphatic carboxylic acids is 1. The number of carboxylic acids is 1. The number of nitrogens with one attached hydrogen (secondary N) is 1. The molecule has 0 aromatic heterocycles. The summed E-state index contributed by atoms with van der Waals surface area (Å²) >= 11 is 0. The Kier molecular flexibility index (Phi) is 7.98. The van der Waals surface area contributed by atoms with Gasteiger partial charge >= 0.3 is 12.0 Å². The van der Waals surface area contributed by atoms with Gasteiger partial charge in [-0.3, -0.25) is 4.79 Å². The highest BCUT2D eigenvalue weighted by atomic mass is 16.5. The number of hydrogen-bond acceptors (Lipinski definition) is 4. The molecule has 1 atom stereocenters. The van der Waals surface area contributed by atoms with E-state index in [9.17, 15) is 14.7 Å². The predicted octanol–water partition coefficient (Wildman–Crippen LogP) is 0.424. The van der Waals surface area contributed by atoms with Crippen molar-refractivity contribution in [1.29, 1.82) is 0 Å². The van der Waals surface area contributed by atoms with Gasteiger partial charge in [0.15, 0.2) is 0 Å². The first-order valence-corrected chi connectivity index (χ1v) is 7.10. The Bertz CT molecular complexity index is 311. The molecule has 1 saturated heterocycles. The molecule has 0 bridgehead atoms. The van der Waals surface area contributed by atoms with Crippen molar-refractivity contribution in [3.05, 3.63) is 0 Å². The largest absolute Gasteiger partial charge is 0.481 e. The lowest BCUT2D eigenvalue weighted by Gasteiger charge is -2.34. The van der Waals surface area contributed by atoms with Crippen LogP contribution in [0.2, 0.25) is 0 Å². The molecule has 2 amide bonds. The van der Waals surface area contributed by atoms with Crippen LogP contribution in [0, 0.1) is 0 Å². The fourth-order valence-electron chi connectivity index (χ4n) is 2.13. The zero-order valence-corrected chi connectivity index (χ0v) is 11.7.